The molecule has 1 atom stereocenters. The summed E-state index contributed by atoms with van der Waals surface area (Å²) in [7, 11) is 1.64. The summed E-state index contributed by atoms with van der Waals surface area (Å²) in [6.07, 6.45) is 0. The molecule has 13 heteroatoms. The molecule has 0 aromatic heterocycles. The van der Waals surface area contributed by atoms with Crippen LogP contribution < -0.4 is 4.74 Å². The number of carboxylic acid groups (broad SMARTS) is 1. The lowest BCUT2D eigenvalue weighted by atomic mass is 10.1. The zero-order valence-electron chi connectivity index (χ0n) is 22.8. The normalized spacial score (nSPS) is 16.9. The molecular formula is C26H41NO11S. The van der Waals surface area contributed by atoms with Crippen LogP contribution in [0.1, 0.15) is 12.5 Å². The van der Waals surface area contributed by atoms with E-state index in [4.69, 9.17) is 37.9 Å². The Morgan fingerprint density at radius 2 is 1.28 bits per heavy atom. The second-order valence-corrected chi connectivity index (χ2v) is 9.44. The second-order valence-electron chi connectivity index (χ2n) is 8.48. The molecule has 2 rings (SSSR count). The number of ether oxygens (including phenoxy) is 8. The van der Waals surface area contributed by atoms with Crippen molar-refractivity contribution >= 4 is 22.8 Å². The number of aromatic hydroxyl groups is 1. The van der Waals surface area contributed by atoms with Crippen LogP contribution in [0.5, 0.6) is 11.5 Å². The highest BCUT2D eigenvalue weighted by atomic mass is 32.2. The van der Waals surface area contributed by atoms with Crippen molar-refractivity contribution in [3.05, 3.63) is 23.8 Å². The fraction of sp³-hybridized carbons (Fsp3) is 0.692. The Hall–Kier alpha value is -1.97. The quantitative estimate of drug-likeness (QED) is 0.174. The molecule has 1 heterocycles. The number of methoxy groups -OCH3 is 1. The predicted molar refractivity (Wildman–Crippen MR) is 145 cm³/mol. The Morgan fingerprint density at radius 1 is 0.821 bits per heavy atom. The molecule has 0 aliphatic carbocycles. The van der Waals surface area contributed by atoms with Crippen molar-refractivity contribution in [2.75, 3.05) is 105 Å². The van der Waals surface area contributed by atoms with E-state index in [9.17, 15) is 15.0 Å². The lowest BCUT2D eigenvalue weighted by molar-refractivity contribution is -0.141. The Kier molecular flexibility index (Phi) is 17.0. The standard InChI is InChI=1S/C26H41NO11S/c1-26(25(29)30)20-39-24(27-26)22-19-21(3-4-23(22)28)38-18-17-37-16-15-36-14-13-35-12-11-34-10-9-33-8-7-32-6-5-31-2/h3-4,19,28H,5-18,20H2,1-2H3,(H,29,30)/t26-/m1/s1. The van der Waals surface area contributed by atoms with Crippen LogP contribution in [0, 0.1) is 0 Å². The summed E-state index contributed by atoms with van der Waals surface area (Å²) in [5.74, 6) is -0.131. The van der Waals surface area contributed by atoms with Crippen molar-refractivity contribution in [3.8, 4) is 11.5 Å². The maximum atomic E-state index is 11.4. The number of aliphatic imine (C=N–C) groups is 1. The molecule has 12 nitrogen and oxygen atoms in total. The molecule has 2 N–H and O–H groups in total. The fourth-order valence-corrected chi connectivity index (χ4v) is 4.27. The van der Waals surface area contributed by atoms with Crippen LogP contribution in [0.4, 0.5) is 0 Å². The van der Waals surface area contributed by atoms with Crippen LogP contribution in [-0.2, 0) is 38.0 Å². The largest absolute Gasteiger partial charge is 0.507 e. The van der Waals surface area contributed by atoms with Gasteiger partial charge in [-0.25, -0.2) is 4.79 Å². The lowest BCUT2D eigenvalue weighted by Gasteiger charge is -2.12. The molecule has 0 fully saturated rings. The van der Waals surface area contributed by atoms with E-state index in [1.54, 1.807) is 26.2 Å². The number of rotatable bonds is 24. The Labute approximate surface area is 233 Å². The molecule has 0 amide bonds. The third-order valence-corrected chi connectivity index (χ3v) is 6.58. The summed E-state index contributed by atoms with van der Waals surface area (Å²) < 4.78 is 43.1. The smallest absolute Gasteiger partial charge is 0.332 e. The highest BCUT2D eigenvalue weighted by Gasteiger charge is 2.39. The SMILES string of the molecule is COCCOCCOCCOCCOCCOCCOCCOc1ccc(O)c(C2=N[C@@](C)(C(=O)O)CS2)c1. The molecule has 1 aliphatic rings. The first-order valence-electron chi connectivity index (χ1n) is 12.8. The summed E-state index contributed by atoms with van der Waals surface area (Å²) in [5.41, 5.74) is -0.744. The molecule has 1 aromatic carbocycles. The number of hydrogen-bond donors (Lipinski definition) is 2. The maximum Gasteiger partial charge on any atom is 0.332 e. The van der Waals surface area contributed by atoms with Gasteiger partial charge in [-0.15, -0.1) is 11.8 Å². The number of aliphatic carboxylic acids is 1. The van der Waals surface area contributed by atoms with Crippen molar-refractivity contribution in [2.24, 2.45) is 4.99 Å². The van der Waals surface area contributed by atoms with Crippen LogP contribution in [0.2, 0.25) is 0 Å². The molecule has 0 saturated heterocycles. The molecule has 0 spiro atoms. The van der Waals surface area contributed by atoms with Gasteiger partial charge < -0.3 is 48.1 Å². The minimum atomic E-state index is -1.20. The Bertz CT molecular complexity index is 857. The van der Waals surface area contributed by atoms with Gasteiger partial charge in [0, 0.05) is 12.9 Å². The number of carbonyl (C=O) groups is 1. The maximum absolute atomic E-state index is 11.4. The van der Waals surface area contributed by atoms with E-state index in [0.29, 0.717) is 115 Å². The van der Waals surface area contributed by atoms with Gasteiger partial charge in [-0.05, 0) is 25.1 Å². The van der Waals surface area contributed by atoms with Crippen molar-refractivity contribution in [2.45, 2.75) is 12.5 Å². The lowest BCUT2D eigenvalue weighted by Crippen LogP contribution is -2.33. The molecule has 0 radical (unpaired) electrons. The average molecular weight is 576 g/mol. The molecule has 1 aliphatic heterocycles. The second kappa shape index (κ2) is 20.0. The Balaban J connectivity index is 1.40. The van der Waals surface area contributed by atoms with Gasteiger partial charge in [0.1, 0.15) is 23.1 Å². The number of benzene rings is 1. The number of carboxylic acids is 1. The molecule has 0 unspecified atom stereocenters. The van der Waals surface area contributed by atoms with Crippen LogP contribution in [0.15, 0.2) is 23.2 Å². The first-order valence-corrected chi connectivity index (χ1v) is 13.8. The third-order valence-electron chi connectivity index (χ3n) is 5.29. The number of phenols is 1. The minimum absolute atomic E-state index is 0.0225. The number of hydrogen-bond acceptors (Lipinski definition) is 12. The molecule has 1 aromatic rings. The topological polar surface area (TPSA) is 144 Å². The number of thioether (sulfide) groups is 1. The zero-order valence-corrected chi connectivity index (χ0v) is 23.6. The average Bonchev–Trinajstić information content (AvgIpc) is 3.33. The Morgan fingerprint density at radius 3 is 1.72 bits per heavy atom. The zero-order chi connectivity index (χ0) is 28.2. The van der Waals surface area contributed by atoms with E-state index in [2.05, 4.69) is 4.99 Å². The summed E-state index contributed by atoms with van der Waals surface area (Å²) >= 11 is 1.30. The van der Waals surface area contributed by atoms with Gasteiger partial charge in [-0.3, -0.25) is 4.99 Å². The van der Waals surface area contributed by atoms with E-state index in [-0.39, 0.29) is 5.75 Å². The first kappa shape index (κ1) is 33.2. The van der Waals surface area contributed by atoms with E-state index in [0.717, 1.165) is 0 Å². The van der Waals surface area contributed by atoms with Gasteiger partial charge in [0.15, 0.2) is 5.54 Å². The van der Waals surface area contributed by atoms with E-state index >= 15 is 0 Å². The highest BCUT2D eigenvalue weighted by molar-refractivity contribution is 8.14. The summed E-state index contributed by atoms with van der Waals surface area (Å²) in [4.78, 5) is 15.7. The number of phenolic OH excluding ortho intramolecular Hbond substituents is 1. The molecular weight excluding hydrogens is 534 g/mol. The monoisotopic (exact) mass is 575 g/mol. The molecule has 0 saturated carbocycles. The molecule has 39 heavy (non-hydrogen) atoms. The fourth-order valence-electron chi connectivity index (χ4n) is 3.08. The number of nitrogens with zero attached hydrogens (tertiary/aromatic N) is 1. The third kappa shape index (κ3) is 13.8. The molecule has 0 bridgehead atoms. The van der Waals surface area contributed by atoms with Crippen LogP contribution >= 0.6 is 11.8 Å². The summed E-state index contributed by atoms with van der Waals surface area (Å²) in [6, 6.07) is 4.80. The van der Waals surface area contributed by atoms with Gasteiger partial charge in [-0.2, -0.15) is 0 Å². The summed E-state index contributed by atoms with van der Waals surface area (Å²) in [5, 5.41) is 20.0. The van der Waals surface area contributed by atoms with E-state index in [1.165, 1.54) is 17.8 Å². The van der Waals surface area contributed by atoms with Gasteiger partial charge in [0.2, 0.25) is 0 Å². The predicted octanol–water partition coefficient (Wildman–Crippen LogP) is 1.85. The first-order chi connectivity index (χ1) is 19.0. The van der Waals surface area contributed by atoms with Gasteiger partial charge in [0.05, 0.1) is 91.5 Å². The highest BCUT2D eigenvalue weighted by Crippen LogP contribution is 2.35. The van der Waals surface area contributed by atoms with Crippen molar-refractivity contribution in [1.29, 1.82) is 0 Å². The van der Waals surface area contributed by atoms with Crippen LogP contribution in [0.25, 0.3) is 0 Å². The summed E-state index contributed by atoms with van der Waals surface area (Å²) in [6.45, 7) is 8.26. The van der Waals surface area contributed by atoms with Gasteiger partial charge in [-0.1, -0.05) is 0 Å². The van der Waals surface area contributed by atoms with Gasteiger partial charge >= 0.3 is 5.97 Å². The van der Waals surface area contributed by atoms with Gasteiger partial charge in [0.25, 0.3) is 0 Å². The van der Waals surface area contributed by atoms with Crippen LogP contribution in [-0.4, -0.2) is 132 Å². The van der Waals surface area contributed by atoms with Crippen molar-refractivity contribution < 1.29 is 52.9 Å². The van der Waals surface area contributed by atoms with Crippen molar-refractivity contribution in [3.63, 3.8) is 0 Å². The minimum Gasteiger partial charge on any atom is -0.507 e. The molecule has 222 valence electrons. The van der Waals surface area contributed by atoms with Crippen LogP contribution in [0.3, 0.4) is 0 Å². The van der Waals surface area contributed by atoms with E-state index < -0.39 is 11.5 Å². The van der Waals surface area contributed by atoms with E-state index in [1.807, 2.05) is 0 Å². The van der Waals surface area contributed by atoms with Crippen molar-refractivity contribution in [1.82, 2.24) is 0 Å².